The molecule has 1 saturated carbocycles. The third-order valence-electron chi connectivity index (χ3n) is 7.01. The molecule has 0 radical (unpaired) electrons. The quantitative estimate of drug-likeness (QED) is 0.562. The lowest BCUT2D eigenvalue weighted by Crippen LogP contribution is -2.31. The molecule has 2 aliphatic rings. The molecule has 190 valence electrons. The summed E-state index contributed by atoms with van der Waals surface area (Å²) in [5.74, 6) is 0.244. The monoisotopic (exact) mass is 478 g/mol. The van der Waals surface area contributed by atoms with Gasteiger partial charge in [0.05, 0.1) is 0 Å². The van der Waals surface area contributed by atoms with Crippen molar-refractivity contribution < 1.29 is 9.59 Å². The van der Waals surface area contributed by atoms with Crippen LogP contribution in [0.2, 0.25) is 0 Å². The third kappa shape index (κ3) is 9.11. The van der Waals surface area contributed by atoms with Crippen molar-refractivity contribution in [3.63, 3.8) is 0 Å². The Hall–Kier alpha value is -2.70. The molecule has 0 spiro atoms. The van der Waals surface area contributed by atoms with Crippen molar-refractivity contribution in [2.45, 2.75) is 57.4 Å². The summed E-state index contributed by atoms with van der Waals surface area (Å²) in [6.45, 7) is 3.54. The lowest BCUT2D eigenvalue weighted by atomic mass is 9.88. The maximum absolute atomic E-state index is 12.5. The van der Waals surface area contributed by atoms with E-state index in [1.54, 1.807) is 0 Å². The minimum atomic E-state index is -0.0662. The van der Waals surface area contributed by atoms with Crippen LogP contribution in [-0.4, -0.2) is 56.9 Å². The molecule has 1 saturated heterocycles. The molecule has 2 fully saturated rings. The number of carbonyl (C=O) groups excluding carboxylic acids is 2. The molecule has 35 heavy (non-hydrogen) atoms. The van der Waals surface area contributed by atoms with E-state index in [4.69, 9.17) is 5.73 Å². The van der Waals surface area contributed by atoms with Crippen molar-refractivity contribution in [2.24, 2.45) is 11.7 Å². The van der Waals surface area contributed by atoms with Crippen LogP contribution in [-0.2, 0) is 11.2 Å². The molecule has 1 aliphatic heterocycles. The van der Waals surface area contributed by atoms with E-state index in [1.165, 1.54) is 37.9 Å². The van der Waals surface area contributed by atoms with Gasteiger partial charge in [-0.25, -0.2) is 0 Å². The molecule has 1 heterocycles. The summed E-state index contributed by atoms with van der Waals surface area (Å²) in [6.07, 6.45) is 10.2. The fourth-order valence-electron chi connectivity index (χ4n) is 4.67. The Morgan fingerprint density at radius 3 is 2.34 bits per heavy atom. The van der Waals surface area contributed by atoms with Gasteiger partial charge in [-0.2, -0.15) is 0 Å². The van der Waals surface area contributed by atoms with Crippen LogP contribution >= 0.6 is 0 Å². The number of benzene rings is 2. The van der Waals surface area contributed by atoms with Gasteiger partial charge in [-0.05, 0) is 100.0 Å². The minimum absolute atomic E-state index is 0.0662. The van der Waals surface area contributed by atoms with E-state index < -0.39 is 0 Å². The third-order valence-corrected chi connectivity index (χ3v) is 7.01. The Kier molecular flexibility index (Phi) is 10.8. The van der Waals surface area contributed by atoms with Gasteiger partial charge in [0, 0.05) is 49.5 Å². The highest BCUT2D eigenvalue weighted by atomic mass is 16.1. The highest BCUT2D eigenvalue weighted by Crippen LogP contribution is 2.21. The zero-order valence-corrected chi connectivity index (χ0v) is 21.4. The molecule has 6 nitrogen and oxygen atoms in total. The number of nitrogens with one attached hydrogen (secondary N) is 1. The number of likely N-dealkylation sites (tertiary alicyclic amines) is 1. The van der Waals surface area contributed by atoms with E-state index in [1.807, 2.05) is 55.4 Å². The summed E-state index contributed by atoms with van der Waals surface area (Å²) in [6, 6.07) is 16.2. The van der Waals surface area contributed by atoms with Gasteiger partial charge in [-0.15, -0.1) is 0 Å². The fourth-order valence-corrected chi connectivity index (χ4v) is 4.67. The van der Waals surface area contributed by atoms with Gasteiger partial charge in [0.1, 0.15) is 6.29 Å². The standard InChI is InChI=1S/C22H29N3O.C7H13NO/c1-24(2)21-11-9-19(10-12-21)22(26)23-20-8-6-7-18(17-20)13-16-25-14-4-3-5-15-25;8-7-3-1-6(5-9)2-4-7/h6-12,17H,3-5,13-16H2,1-2H3,(H,23,26);5-7H,1-4,8H2. The zero-order chi connectivity index (χ0) is 25.0. The highest BCUT2D eigenvalue weighted by Gasteiger charge is 2.17. The van der Waals surface area contributed by atoms with Crippen LogP contribution in [0.15, 0.2) is 48.5 Å². The number of amides is 1. The normalized spacial score (nSPS) is 20.3. The van der Waals surface area contributed by atoms with Crippen LogP contribution in [0.5, 0.6) is 0 Å². The van der Waals surface area contributed by atoms with E-state index in [-0.39, 0.29) is 5.91 Å². The number of hydrogen-bond donors (Lipinski definition) is 2. The van der Waals surface area contributed by atoms with E-state index in [9.17, 15) is 9.59 Å². The van der Waals surface area contributed by atoms with Crippen molar-refractivity contribution in [1.82, 2.24) is 4.90 Å². The summed E-state index contributed by atoms with van der Waals surface area (Å²) in [5, 5.41) is 3.02. The largest absolute Gasteiger partial charge is 0.378 e. The first kappa shape index (κ1) is 26.9. The van der Waals surface area contributed by atoms with Crippen molar-refractivity contribution in [2.75, 3.05) is 43.9 Å². The number of carbonyl (C=O) groups is 2. The summed E-state index contributed by atoms with van der Waals surface area (Å²) in [5.41, 5.74) is 9.53. The van der Waals surface area contributed by atoms with Gasteiger partial charge in [-0.3, -0.25) is 4.79 Å². The predicted octanol–water partition coefficient (Wildman–Crippen LogP) is 4.74. The number of hydrogen-bond acceptors (Lipinski definition) is 5. The van der Waals surface area contributed by atoms with Gasteiger partial charge >= 0.3 is 0 Å². The topological polar surface area (TPSA) is 78.7 Å². The van der Waals surface area contributed by atoms with Crippen molar-refractivity contribution in [1.29, 1.82) is 0 Å². The molecule has 2 aromatic rings. The van der Waals surface area contributed by atoms with Gasteiger partial charge in [0.2, 0.25) is 0 Å². The van der Waals surface area contributed by atoms with E-state index in [2.05, 4.69) is 22.3 Å². The molecule has 1 aliphatic carbocycles. The Labute approximate surface area is 210 Å². The average molecular weight is 479 g/mol. The number of anilines is 2. The smallest absolute Gasteiger partial charge is 0.255 e. The second-order valence-electron chi connectivity index (χ2n) is 10.1. The number of nitrogens with two attached hydrogens (primary N) is 1. The predicted molar refractivity (Wildman–Crippen MR) is 145 cm³/mol. The molecule has 6 heteroatoms. The van der Waals surface area contributed by atoms with Crippen LogP contribution in [0.25, 0.3) is 0 Å². The summed E-state index contributed by atoms with van der Waals surface area (Å²) >= 11 is 0. The van der Waals surface area contributed by atoms with Gasteiger partial charge in [0.15, 0.2) is 0 Å². The zero-order valence-electron chi connectivity index (χ0n) is 21.4. The van der Waals surface area contributed by atoms with Crippen LogP contribution in [0.3, 0.4) is 0 Å². The number of nitrogens with zero attached hydrogens (tertiary/aromatic N) is 2. The SMILES string of the molecule is CN(C)c1ccc(C(=O)Nc2cccc(CCN3CCCCC3)c2)cc1.NC1CCC(C=O)CC1. The van der Waals surface area contributed by atoms with Crippen LogP contribution in [0, 0.1) is 5.92 Å². The van der Waals surface area contributed by atoms with Crippen molar-refractivity contribution in [3.05, 3.63) is 59.7 Å². The molecule has 0 atom stereocenters. The second kappa shape index (κ2) is 14.0. The molecular weight excluding hydrogens is 436 g/mol. The van der Waals surface area contributed by atoms with Gasteiger partial charge < -0.3 is 25.6 Å². The first-order chi connectivity index (χ1) is 16.9. The van der Waals surface area contributed by atoms with Crippen LogP contribution < -0.4 is 16.0 Å². The Bertz CT molecular complexity index is 915. The van der Waals surface area contributed by atoms with E-state index >= 15 is 0 Å². The molecule has 0 unspecified atom stereocenters. The molecule has 3 N–H and O–H groups in total. The van der Waals surface area contributed by atoms with Crippen molar-refractivity contribution in [3.8, 4) is 0 Å². The lowest BCUT2D eigenvalue weighted by Gasteiger charge is -2.26. The molecule has 0 bridgehead atoms. The second-order valence-corrected chi connectivity index (χ2v) is 10.1. The Balaban J connectivity index is 0.000000320. The summed E-state index contributed by atoms with van der Waals surface area (Å²) in [7, 11) is 3.98. The minimum Gasteiger partial charge on any atom is -0.378 e. The van der Waals surface area contributed by atoms with Crippen LogP contribution in [0.1, 0.15) is 60.9 Å². The number of rotatable bonds is 7. The van der Waals surface area contributed by atoms with E-state index in [0.29, 0.717) is 17.5 Å². The number of aldehydes is 1. The maximum Gasteiger partial charge on any atom is 0.255 e. The molecular formula is C29H42N4O2. The molecule has 4 rings (SSSR count). The summed E-state index contributed by atoms with van der Waals surface area (Å²) in [4.78, 5) is 27.3. The first-order valence-electron chi connectivity index (χ1n) is 13.1. The fraction of sp³-hybridized carbons (Fsp3) is 0.517. The van der Waals surface area contributed by atoms with Gasteiger partial charge in [-0.1, -0.05) is 18.6 Å². The molecule has 1 amide bonds. The first-order valence-corrected chi connectivity index (χ1v) is 13.1. The van der Waals surface area contributed by atoms with Gasteiger partial charge in [0.25, 0.3) is 5.91 Å². The lowest BCUT2D eigenvalue weighted by molar-refractivity contribution is -0.111. The summed E-state index contributed by atoms with van der Waals surface area (Å²) < 4.78 is 0. The molecule has 2 aromatic carbocycles. The maximum atomic E-state index is 12.5. The highest BCUT2D eigenvalue weighted by molar-refractivity contribution is 6.04. The average Bonchev–Trinajstić information content (AvgIpc) is 2.89. The van der Waals surface area contributed by atoms with Crippen LogP contribution in [0.4, 0.5) is 11.4 Å². The Morgan fingerprint density at radius 1 is 1.03 bits per heavy atom. The molecule has 0 aromatic heterocycles. The van der Waals surface area contributed by atoms with Crippen molar-refractivity contribution >= 4 is 23.6 Å². The van der Waals surface area contributed by atoms with E-state index in [0.717, 1.165) is 56.3 Å². The Morgan fingerprint density at radius 2 is 1.71 bits per heavy atom. The number of piperidine rings is 1.